The van der Waals surface area contributed by atoms with Crippen molar-refractivity contribution in [2.75, 3.05) is 11.9 Å². The first-order chi connectivity index (χ1) is 11.6. The summed E-state index contributed by atoms with van der Waals surface area (Å²) in [6, 6.07) is 14.6. The Hall–Kier alpha value is -3.08. The Labute approximate surface area is 139 Å². The molecule has 122 valence electrons. The summed E-state index contributed by atoms with van der Waals surface area (Å²) in [5.41, 5.74) is 2.18. The third-order valence-electron chi connectivity index (χ3n) is 3.58. The Morgan fingerprint density at radius 2 is 2.00 bits per heavy atom. The number of benzene rings is 2. The Balaban J connectivity index is 1.99. The highest BCUT2D eigenvalue weighted by Gasteiger charge is 2.14. The fourth-order valence-electron chi connectivity index (χ4n) is 2.49. The van der Waals surface area contributed by atoms with E-state index in [2.05, 4.69) is 5.32 Å². The highest BCUT2D eigenvalue weighted by atomic mass is 16.5. The van der Waals surface area contributed by atoms with Crippen molar-refractivity contribution in [2.24, 2.45) is 0 Å². The molecule has 5 heteroatoms. The number of carbonyl (C=O) groups is 1. The van der Waals surface area contributed by atoms with Crippen LogP contribution in [0.1, 0.15) is 22.8 Å². The SMILES string of the molecule is CCOc1cccc2cc(C(=O)Nc3cccc(C)c3)c(=N)oc12. The van der Waals surface area contributed by atoms with E-state index in [-0.39, 0.29) is 17.0 Å². The zero-order valence-corrected chi connectivity index (χ0v) is 13.6. The lowest BCUT2D eigenvalue weighted by molar-refractivity contribution is 0.102. The molecule has 1 amide bonds. The third kappa shape index (κ3) is 3.15. The first-order valence-electron chi connectivity index (χ1n) is 7.71. The van der Waals surface area contributed by atoms with Crippen LogP contribution in [0.3, 0.4) is 0 Å². The van der Waals surface area contributed by atoms with Crippen LogP contribution in [-0.4, -0.2) is 12.5 Å². The molecule has 0 aliphatic rings. The van der Waals surface area contributed by atoms with Crippen molar-refractivity contribution in [1.82, 2.24) is 0 Å². The zero-order chi connectivity index (χ0) is 17.1. The second kappa shape index (κ2) is 6.58. The number of aryl methyl sites for hydroxylation is 1. The van der Waals surface area contributed by atoms with Gasteiger partial charge in [-0.2, -0.15) is 0 Å². The summed E-state index contributed by atoms with van der Waals surface area (Å²) in [4.78, 5) is 12.5. The van der Waals surface area contributed by atoms with Gasteiger partial charge in [-0.25, -0.2) is 0 Å². The van der Waals surface area contributed by atoms with Crippen molar-refractivity contribution in [3.8, 4) is 5.75 Å². The molecule has 3 aromatic rings. The molecule has 0 aliphatic carbocycles. The van der Waals surface area contributed by atoms with Crippen LogP contribution in [0, 0.1) is 12.3 Å². The Bertz CT molecular complexity index is 960. The van der Waals surface area contributed by atoms with E-state index in [1.165, 1.54) is 0 Å². The Kier molecular flexibility index (Phi) is 4.33. The number of amides is 1. The molecular weight excluding hydrogens is 304 g/mol. The monoisotopic (exact) mass is 322 g/mol. The minimum Gasteiger partial charge on any atom is -0.490 e. The molecule has 0 bridgehead atoms. The zero-order valence-electron chi connectivity index (χ0n) is 13.6. The van der Waals surface area contributed by atoms with Gasteiger partial charge in [-0.05, 0) is 43.7 Å². The van der Waals surface area contributed by atoms with Gasteiger partial charge in [0, 0.05) is 11.1 Å². The third-order valence-corrected chi connectivity index (χ3v) is 3.58. The van der Waals surface area contributed by atoms with E-state index < -0.39 is 0 Å². The van der Waals surface area contributed by atoms with Crippen LogP contribution >= 0.6 is 0 Å². The fourth-order valence-corrected chi connectivity index (χ4v) is 2.49. The van der Waals surface area contributed by atoms with E-state index in [0.29, 0.717) is 29.0 Å². The number of anilines is 1. The molecule has 0 spiro atoms. The van der Waals surface area contributed by atoms with Gasteiger partial charge in [-0.15, -0.1) is 0 Å². The van der Waals surface area contributed by atoms with Gasteiger partial charge >= 0.3 is 0 Å². The number of rotatable bonds is 4. The highest BCUT2D eigenvalue weighted by molar-refractivity contribution is 6.05. The summed E-state index contributed by atoms with van der Waals surface area (Å²) < 4.78 is 11.0. The number of nitrogens with one attached hydrogen (secondary N) is 2. The maximum atomic E-state index is 12.5. The van der Waals surface area contributed by atoms with Crippen molar-refractivity contribution in [2.45, 2.75) is 13.8 Å². The molecule has 0 saturated carbocycles. The van der Waals surface area contributed by atoms with Gasteiger partial charge in [0.1, 0.15) is 5.56 Å². The number of fused-ring (bicyclic) bond motifs is 1. The van der Waals surface area contributed by atoms with Crippen LogP contribution in [0.5, 0.6) is 5.75 Å². The smallest absolute Gasteiger partial charge is 0.261 e. The van der Waals surface area contributed by atoms with Crippen LogP contribution in [0.4, 0.5) is 5.69 Å². The first-order valence-corrected chi connectivity index (χ1v) is 7.71. The van der Waals surface area contributed by atoms with E-state index in [1.807, 2.05) is 44.2 Å². The van der Waals surface area contributed by atoms with Crippen molar-refractivity contribution in [1.29, 1.82) is 5.41 Å². The molecular formula is C19H18N2O3. The Morgan fingerprint density at radius 1 is 1.21 bits per heavy atom. The van der Waals surface area contributed by atoms with E-state index in [1.54, 1.807) is 18.2 Å². The number of carbonyl (C=O) groups excluding carboxylic acids is 1. The van der Waals surface area contributed by atoms with Crippen LogP contribution in [0.2, 0.25) is 0 Å². The molecule has 0 fully saturated rings. The molecule has 1 aromatic heterocycles. The molecule has 0 saturated heterocycles. The van der Waals surface area contributed by atoms with Crippen molar-refractivity contribution < 1.29 is 13.9 Å². The standard InChI is InChI=1S/C19H18N2O3/c1-3-23-16-9-5-7-13-11-15(18(20)24-17(13)16)19(22)21-14-8-4-6-12(2)10-14/h4-11,20H,3H2,1-2H3,(H,21,22). The second-order valence-corrected chi connectivity index (χ2v) is 5.42. The minimum absolute atomic E-state index is 0.178. The molecule has 0 aliphatic heterocycles. The largest absolute Gasteiger partial charge is 0.490 e. The predicted octanol–water partition coefficient (Wildman–Crippen LogP) is 3.87. The van der Waals surface area contributed by atoms with E-state index in [4.69, 9.17) is 14.6 Å². The summed E-state index contributed by atoms with van der Waals surface area (Å²) in [5, 5.41) is 11.5. The van der Waals surface area contributed by atoms with Gasteiger partial charge in [0.2, 0.25) is 5.55 Å². The molecule has 2 aromatic carbocycles. The molecule has 5 nitrogen and oxygen atoms in total. The maximum Gasteiger partial charge on any atom is 0.261 e. The number of hydrogen-bond donors (Lipinski definition) is 2. The number of hydrogen-bond acceptors (Lipinski definition) is 4. The lowest BCUT2D eigenvalue weighted by Gasteiger charge is -2.09. The summed E-state index contributed by atoms with van der Waals surface area (Å²) in [5.74, 6) is 0.187. The molecule has 2 N–H and O–H groups in total. The van der Waals surface area contributed by atoms with Crippen molar-refractivity contribution in [3.05, 3.63) is 65.2 Å². The molecule has 3 rings (SSSR count). The molecule has 0 radical (unpaired) electrons. The van der Waals surface area contributed by atoms with Gasteiger partial charge in [-0.3, -0.25) is 10.2 Å². The van der Waals surface area contributed by atoms with E-state index >= 15 is 0 Å². The van der Waals surface area contributed by atoms with Gasteiger partial charge in [-0.1, -0.05) is 24.3 Å². The Morgan fingerprint density at radius 3 is 2.75 bits per heavy atom. The van der Waals surface area contributed by atoms with Crippen molar-refractivity contribution in [3.63, 3.8) is 0 Å². The van der Waals surface area contributed by atoms with Gasteiger partial charge < -0.3 is 14.5 Å². The summed E-state index contributed by atoms with van der Waals surface area (Å²) in [6.45, 7) is 4.33. The highest BCUT2D eigenvalue weighted by Crippen LogP contribution is 2.25. The minimum atomic E-state index is -0.377. The average Bonchev–Trinajstić information content (AvgIpc) is 2.55. The molecule has 24 heavy (non-hydrogen) atoms. The van der Waals surface area contributed by atoms with Crippen LogP contribution in [-0.2, 0) is 0 Å². The summed E-state index contributed by atoms with van der Waals surface area (Å²) >= 11 is 0. The number of ether oxygens (including phenoxy) is 1. The maximum absolute atomic E-state index is 12.5. The van der Waals surface area contributed by atoms with Crippen LogP contribution in [0.15, 0.2) is 52.9 Å². The van der Waals surface area contributed by atoms with Gasteiger partial charge in [0.05, 0.1) is 6.61 Å². The normalized spacial score (nSPS) is 10.6. The summed E-state index contributed by atoms with van der Waals surface area (Å²) in [7, 11) is 0. The van der Waals surface area contributed by atoms with E-state index in [0.717, 1.165) is 5.56 Å². The first kappa shape index (κ1) is 15.8. The quantitative estimate of drug-likeness (QED) is 0.765. The predicted molar refractivity (Wildman–Crippen MR) is 92.4 cm³/mol. The number of para-hydroxylation sites is 1. The second-order valence-electron chi connectivity index (χ2n) is 5.42. The lowest BCUT2D eigenvalue weighted by atomic mass is 10.1. The lowest BCUT2D eigenvalue weighted by Crippen LogP contribution is -2.20. The van der Waals surface area contributed by atoms with Gasteiger partial charge in [0.15, 0.2) is 11.3 Å². The average molecular weight is 322 g/mol. The molecule has 0 atom stereocenters. The van der Waals surface area contributed by atoms with Gasteiger partial charge in [0.25, 0.3) is 5.91 Å². The van der Waals surface area contributed by atoms with Crippen LogP contribution < -0.4 is 15.6 Å². The topological polar surface area (TPSA) is 75.3 Å². The fraction of sp³-hybridized carbons (Fsp3) is 0.158. The molecule has 0 unspecified atom stereocenters. The van der Waals surface area contributed by atoms with E-state index in [9.17, 15) is 4.79 Å². The van der Waals surface area contributed by atoms with Crippen molar-refractivity contribution >= 4 is 22.6 Å². The summed E-state index contributed by atoms with van der Waals surface area (Å²) in [6.07, 6.45) is 0. The molecule has 1 heterocycles. The van der Waals surface area contributed by atoms with Crippen LogP contribution in [0.25, 0.3) is 11.0 Å².